The summed E-state index contributed by atoms with van der Waals surface area (Å²) in [5.41, 5.74) is 1.60. The van der Waals surface area contributed by atoms with Crippen LogP contribution in [0.1, 0.15) is 47.8 Å². The van der Waals surface area contributed by atoms with E-state index < -0.39 is 0 Å². The number of hydrogen-bond donors (Lipinski definition) is 1. The molecule has 28 heavy (non-hydrogen) atoms. The lowest BCUT2D eigenvalue weighted by Gasteiger charge is -2.24. The molecule has 3 heterocycles. The van der Waals surface area contributed by atoms with Gasteiger partial charge in [0.05, 0.1) is 19.3 Å². The van der Waals surface area contributed by atoms with E-state index in [1.807, 2.05) is 34.0 Å². The molecule has 152 valence electrons. The number of ether oxygens (including phenoxy) is 1. The van der Waals surface area contributed by atoms with Crippen LogP contribution in [0.4, 0.5) is 0 Å². The number of hydrogen-bond acceptors (Lipinski definition) is 5. The smallest absolute Gasteiger partial charge is 0.276 e. The molecular weight excluding hydrogens is 378 g/mol. The molecule has 4 rings (SSSR count). The highest BCUT2D eigenvalue weighted by molar-refractivity contribution is 5.92. The lowest BCUT2D eigenvalue weighted by Crippen LogP contribution is -2.37. The molecule has 0 radical (unpaired) electrons. The molecular formula is C20H28ClN5O2. The van der Waals surface area contributed by atoms with Gasteiger partial charge in [0.25, 0.3) is 5.91 Å². The van der Waals surface area contributed by atoms with Crippen molar-refractivity contribution in [2.24, 2.45) is 0 Å². The van der Waals surface area contributed by atoms with Crippen LogP contribution in [0, 0.1) is 0 Å². The molecule has 1 aromatic carbocycles. The number of aromatic nitrogens is 3. The van der Waals surface area contributed by atoms with E-state index in [4.69, 9.17) is 4.74 Å². The van der Waals surface area contributed by atoms with Gasteiger partial charge in [-0.15, -0.1) is 17.5 Å². The van der Waals surface area contributed by atoms with E-state index in [0.717, 1.165) is 63.1 Å². The number of carbonyl (C=O) groups is 1. The predicted octanol–water partition coefficient (Wildman–Crippen LogP) is 2.48. The third-order valence-electron chi connectivity index (χ3n) is 5.70. The van der Waals surface area contributed by atoms with E-state index in [1.165, 1.54) is 0 Å². The highest BCUT2D eigenvalue weighted by atomic mass is 35.5. The molecule has 2 aliphatic heterocycles. The van der Waals surface area contributed by atoms with Crippen molar-refractivity contribution in [3.05, 3.63) is 41.7 Å². The molecule has 2 aliphatic rings. The van der Waals surface area contributed by atoms with Crippen molar-refractivity contribution in [2.45, 2.75) is 44.2 Å². The lowest BCUT2D eigenvalue weighted by atomic mass is 10.0. The van der Waals surface area contributed by atoms with Gasteiger partial charge in [0.15, 0.2) is 5.69 Å². The van der Waals surface area contributed by atoms with Crippen molar-refractivity contribution in [3.8, 4) is 5.75 Å². The molecule has 0 bridgehead atoms. The first-order valence-corrected chi connectivity index (χ1v) is 9.81. The van der Waals surface area contributed by atoms with Crippen molar-refractivity contribution in [3.63, 3.8) is 0 Å². The van der Waals surface area contributed by atoms with Crippen LogP contribution in [-0.2, 0) is 6.42 Å². The first kappa shape index (κ1) is 20.6. The molecule has 1 unspecified atom stereocenters. The third-order valence-corrected chi connectivity index (χ3v) is 5.70. The number of benzene rings is 1. The topological polar surface area (TPSA) is 72.3 Å². The van der Waals surface area contributed by atoms with Gasteiger partial charge >= 0.3 is 0 Å². The largest absolute Gasteiger partial charge is 0.496 e. The molecule has 7 nitrogen and oxygen atoms in total. The van der Waals surface area contributed by atoms with Crippen LogP contribution in [0.25, 0.3) is 0 Å². The van der Waals surface area contributed by atoms with Crippen LogP contribution >= 0.6 is 12.4 Å². The Hall–Kier alpha value is -2.12. The van der Waals surface area contributed by atoms with Crippen LogP contribution in [0.3, 0.4) is 0 Å². The van der Waals surface area contributed by atoms with Crippen molar-refractivity contribution >= 4 is 18.3 Å². The van der Waals surface area contributed by atoms with Crippen molar-refractivity contribution < 1.29 is 9.53 Å². The summed E-state index contributed by atoms with van der Waals surface area (Å²) in [7, 11) is 1.69. The highest BCUT2D eigenvalue weighted by Gasteiger charge is 2.32. The first-order chi connectivity index (χ1) is 13.3. The average Bonchev–Trinajstić information content (AvgIpc) is 3.38. The minimum absolute atomic E-state index is 0. The number of para-hydroxylation sites is 1. The maximum atomic E-state index is 13.1. The lowest BCUT2D eigenvalue weighted by molar-refractivity contribution is 0.0730. The number of halogens is 1. The zero-order chi connectivity index (χ0) is 18.6. The van der Waals surface area contributed by atoms with Gasteiger partial charge in [-0.1, -0.05) is 23.4 Å². The summed E-state index contributed by atoms with van der Waals surface area (Å²) in [5.74, 6) is 0.876. The van der Waals surface area contributed by atoms with Gasteiger partial charge in [-0.3, -0.25) is 4.79 Å². The minimum Gasteiger partial charge on any atom is -0.496 e. The summed E-state index contributed by atoms with van der Waals surface area (Å²) in [5, 5.41) is 11.8. The quantitative estimate of drug-likeness (QED) is 0.827. The predicted molar refractivity (Wildman–Crippen MR) is 109 cm³/mol. The second-order valence-electron chi connectivity index (χ2n) is 7.38. The summed E-state index contributed by atoms with van der Waals surface area (Å²) in [4.78, 5) is 15.0. The Morgan fingerprint density at radius 2 is 2.04 bits per heavy atom. The van der Waals surface area contributed by atoms with Gasteiger partial charge in [0, 0.05) is 12.6 Å². The number of carbonyl (C=O) groups excluding carboxylic acids is 1. The fourth-order valence-electron chi connectivity index (χ4n) is 4.21. The summed E-state index contributed by atoms with van der Waals surface area (Å²) in [6, 6.07) is 8.55. The van der Waals surface area contributed by atoms with Crippen LogP contribution in [0.15, 0.2) is 30.5 Å². The van der Waals surface area contributed by atoms with Crippen molar-refractivity contribution in [2.75, 3.05) is 26.7 Å². The van der Waals surface area contributed by atoms with Gasteiger partial charge < -0.3 is 15.0 Å². The Balaban J connectivity index is 0.00000225. The van der Waals surface area contributed by atoms with Crippen LogP contribution < -0.4 is 10.1 Å². The molecule has 1 N–H and O–H groups in total. The Bertz CT molecular complexity index is 790. The first-order valence-electron chi connectivity index (χ1n) is 9.81. The molecule has 8 heteroatoms. The summed E-state index contributed by atoms with van der Waals surface area (Å²) in [6.07, 6.45) is 6.71. The number of methoxy groups -OCH3 is 1. The molecule has 1 atom stereocenters. The zero-order valence-corrected chi connectivity index (χ0v) is 17.0. The van der Waals surface area contributed by atoms with Gasteiger partial charge in [0.1, 0.15) is 5.75 Å². The zero-order valence-electron chi connectivity index (χ0n) is 16.2. The number of nitrogens with zero attached hydrogens (tertiary/aromatic N) is 4. The highest BCUT2D eigenvalue weighted by Crippen LogP contribution is 2.27. The average molecular weight is 406 g/mol. The maximum absolute atomic E-state index is 13.1. The molecule has 2 fully saturated rings. The van der Waals surface area contributed by atoms with Gasteiger partial charge in [-0.25, -0.2) is 4.68 Å². The van der Waals surface area contributed by atoms with Gasteiger partial charge in [0.2, 0.25) is 0 Å². The molecule has 0 saturated carbocycles. The minimum atomic E-state index is -0.00687. The van der Waals surface area contributed by atoms with Gasteiger partial charge in [-0.2, -0.15) is 0 Å². The second-order valence-corrected chi connectivity index (χ2v) is 7.38. The van der Waals surface area contributed by atoms with E-state index in [9.17, 15) is 4.79 Å². The van der Waals surface area contributed by atoms with Crippen molar-refractivity contribution in [1.29, 1.82) is 0 Å². The standard InChI is InChI=1S/C20H27N5O2.ClH/c1-27-19-7-3-2-5-15(19)13-17-6-4-12-24(17)20(26)18-14-25(23-22-18)16-8-10-21-11-9-16;/h2-3,5,7,14,16-17,21H,4,6,8-13H2,1H3;1H. The molecule has 1 amide bonds. The molecule has 0 spiro atoms. The Labute approximate surface area is 171 Å². The SMILES string of the molecule is COc1ccccc1CC1CCCN1C(=O)c1cn(C2CCNCC2)nn1.Cl. The number of likely N-dealkylation sites (tertiary alicyclic amines) is 1. The second kappa shape index (κ2) is 9.39. The fraction of sp³-hybridized carbons (Fsp3) is 0.550. The van der Waals surface area contributed by atoms with Crippen LogP contribution in [0.2, 0.25) is 0 Å². The normalized spacial score (nSPS) is 20.0. The monoisotopic (exact) mass is 405 g/mol. The Morgan fingerprint density at radius 3 is 2.82 bits per heavy atom. The van der Waals surface area contributed by atoms with E-state index in [0.29, 0.717) is 11.7 Å². The Kier molecular flexibility index (Phi) is 6.91. The summed E-state index contributed by atoms with van der Waals surface area (Å²) in [6.45, 7) is 2.75. The van der Waals surface area contributed by atoms with E-state index in [1.54, 1.807) is 7.11 Å². The van der Waals surface area contributed by atoms with E-state index >= 15 is 0 Å². The summed E-state index contributed by atoms with van der Waals surface area (Å²) < 4.78 is 7.35. The summed E-state index contributed by atoms with van der Waals surface area (Å²) >= 11 is 0. The fourth-order valence-corrected chi connectivity index (χ4v) is 4.21. The molecule has 1 aromatic heterocycles. The molecule has 2 aromatic rings. The van der Waals surface area contributed by atoms with Crippen LogP contribution in [-0.4, -0.2) is 58.6 Å². The molecule has 0 aliphatic carbocycles. The number of rotatable bonds is 5. The van der Waals surface area contributed by atoms with Gasteiger partial charge in [-0.05, 0) is 56.8 Å². The number of nitrogens with one attached hydrogen (secondary N) is 1. The van der Waals surface area contributed by atoms with Crippen molar-refractivity contribution in [1.82, 2.24) is 25.2 Å². The third kappa shape index (κ3) is 4.31. The number of amides is 1. The number of piperidine rings is 1. The maximum Gasteiger partial charge on any atom is 0.276 e. The van der Waals surface area contributed by atoms with Crippen LogP contribution in [0.5, 0.6) is 5.75 Å². The van der Waals surface area contributed by atoms with E-state index in [-0.39, 0.29) is 24.4 Å². The Morgan fingerprint density at radius 1 is 1.25 bits per heavy atom. The molecule has 2 saturated heterocycles. The van der Waals surface area contributed by atoms with E-state index in [2.05, 4.69) is 21.7 Å².